The molecule has 0 aliphatic carbocycles. The van der Waals surface area contributed by atoms with E-state index in [1.807, 2.05) is 32.0 Å². The van der Waals surface area contributed by atoms with E-state index < -0.39 is 35.2 Å². The number of hydrogen-bond donors (Lipinski definition) is 1. The number of benzene rings is 2. The number of nitrogens with one attached hydrogen (secondary N) is 1. The lowest BCUT2D eigenvalue weighted by molar-refractivity contribution is -0.149. The van der Waals surface area contributed by atoms with Crippen molar-refractivity contribution >= 4 is 29.4 Å². The molecule has 1 fully saturated rings. The molecule has 166 valence electrons. The van der Waals surface area contributed by atoms with Gasteiger partial charge in [-0.25, -0.2) is 9.59 Å². The van der Waals surface area contributed by atoms with Gasteiger partial charge in [0.05, 0.1) is 17.9 Å². The summed E-state index contributed by atoms with van der Waals surface area (Å²) in [5, 5.41) is 1.82. The molecule has 1 aliphatic rings. The predicted octanol–water partition coefficient (Wildman–Crippen LogP) is 5.55. The molecule has 9 heteroatoms. The first kappa shape index (κ1) is 23.0. The van der Waals surface area contributed by atoms with Gasteiger partial charge in [-0.2, -0.15) is 13.2 Å². The molecule has 2 atom stereocenters. The van der Waals surface area contributed by atoms with Gasteiger partial charge in [-0.1, -0.05) is 56.3 Å². The minimum absolute atomic E-state index is 0.115. The molecule has 1 saturated heterocycles. The first-order valence-electron chi connectivity index (χ1n) is 9.77. The third-order valence-electron chi connectivity index (χ3n) is 4.62. The van der Waals surface area contributed by atoms with Crippen molar-refractivity contribution in [1.29, 1.82) is 0 Å². The standard InChI is InChI=1S/C22H23F3N2O3S/c1-14(2)12-30-20(28)18-13-31-19(15-8-4-3-5-9-15)27(18)21(29)26-17-11-7-6-10-16(17)22(23,24)25/h3-11,14,18-19H,12-13H2,1-2H3,(H,26,29). The number of thioether (sulfide) groups is 1. The number of rotatable bonds is 5. The fraction of sp³-hybridized carbons (Fsp3) is 0.364. The van der Waals surface area contributed by atoms with E-state index >= 15 is 0 Å². The number of halogens is 3. The maximum atomic E-state index is 13.4. The quantitative estimate of drug-likeness (QED) is 0.604. The highest BCUT2D eigenvalue weighted by atomic mass is 32.2. The summed E-state index contributed by atoms with van der Waals surface area (Å²) in [5.74, 6) is -0.173. The lowest BCUT2D eigenvalue weighted by atomic mass is 10.1. The Labute approximate surface area is 182 Å². The third-order valence-corrected chi connectivity index (χ3v) is 5.95. The predicted molar refractivity (Wildman–Crippen MR) is 114 cm³/mol. The van der Waals surface area contributed by atoms with E-state index in [-0.39, 0.29) is 24.0 Å². The summed E-state index contributed by atoms with van der Waals surface area (Å²) >= 11 is 1.36. The van der Waals surface area contributed by atoms with Crippen molar-refractivity contribution in [2.24, 2.45) is 5.92 Å². The molecule has 1 heterocycles. The molecule has 5 nitrogen and oxygen atoms in total. The average Bonchev–Trinajstić information content (AvgIpc) is 3.17. The second kappa shape index (κ2) is 9.64. The fourth-order valence-corrected chi connectivity index (χ4v) is 4.59. The van der Waals surface area contributed by atoms with Crippen LogP contribution in [-0.4, -0.2) is 35.3 Å². The summed E-state index contributed by atoms with van der Waals surface area (Å²) in [5.41, 5.74) is -0.547. The molecule has 2 unspecified atom stereocenters. The summed E-state index contributed by atoms with van der Waals surface area (Å²) in [6, 6.07) is 12.1. The van der Waals surface area contributed by atoms with Gasteiger partial charge in [0, 0.05) is 5.75 Å². The van der Waals surface area contributed by atoms with Crippen molar-refractivity contribution in [2.45, 2.75) is 31.4 Å². The number of urea groups is 1. The van der Waals surface area contributed by atoms with Crippen molar-refractivity contribution in [2.75, 3.05) is 17.7 Å². The maximum Gasteiger partial charge on any atom is 0.418 e. The number of ether oxygens (including phenoxy) is 1. The zero-order valence-electron chi connectivity index (χ0n) is 17.1. The molecular formula is C22H23F3N2O3S. The first-order chi connectivity index (χ1) is 14.7. The van der Waals surface area contributed by atoms with Gasteiger partial charge in [0.2, 0.25) is 0 Å². The second-order valence-electron chi connectivity index (χ2n) is 7.52. The van der Waals surface area contributed by atoms with Gasteiger partial charge in [-0.15, -0.1) is 11.8 Å². The highest BCUT2D eigenvalue weighted by Crippen LogP contribution is 2.42. The molecule has 31 heavy (non-hydrogen) atoms. The van der Waals surface area contributed by atoms with E-state index in [2.05, 4.69) is 5.32 Å². The monoisotopic (exact) mass is 452 g/mol. The molecule has 3 rings (SSSR count). The number of esters is 1. The Morgan fingerprint density at radius 2 is 1.77 bits per heavy atom. The van der Waals surface area contributed by atoms with Crippen LogP contribution in [0.1, 0.15) is 30.3 Å². The summed E-state index contributed by atoms with van der Waals surface area (Å²) in [4.78, 5) is 27.1. The van der Waals surface area contributed by atoms with Crippen LogP contribution in [-0.2, 0) is 15.7 Å². The Bertz CT molecular complexity index is 922. The van der Waals surface area contributed by atoms with Gasteiger partial charge in [-0.3, -0.25) is 4.90 Å². The van der Waals surface area contributed by atoms with Crippen molar-refractivity contribution < 1.29 is 27.5 Å². The van der Waals surface area contributed by atoms with Crippen LogP contribution < -0.4 is 5.32 Å². The molecule has 2 aromatic carbocycles. The Morgan fingerprint density at radius 3 is 2.42 bits per heavy atom. The van der Waals surface area contributed by atoms with Gasteiger partial charge in [0.15, 0.2) is 0 Å². The molecule has 2 amide bonds. The molecule has 0 bridgehead atoms. The summed E-state index contributed by atoms with van der Waals surface area (Å²) in [7, 11) is 0. The van der Waals surface area contributed by atoms with Gasteiger partial charge in [-0.05, 0) is 23.6 Å². The molecule has 0 spiro atoms. The highest BCUT2D eigenvalue weighted by Gasteiger charge is 2.44. The van der Waals surface area contributed by atoms with Crippen LogP contribution in [0.5, 0.6) is 0 Å². The fourth-order valence-electron chi connectivity index (χ4n) is 3.17. The van der Waals surface area contributed by atoms with Crippen molar-refractivity contribution in [3.8, 4) is 0 Å². The normalized spacial score (nSPS) is 18.8. The van der Waals surface area contributed by atoms with E-state index in [0.717, 1.165) is 11.6 Å². The molecule has 0 radical (unpaired) electrons. The topological polar surface area (TPSA) is 58.6 Å². The van der Waals surface area contributed by atoms with Gasteiger partial charge in [0.1, 0.15) is 11.4 Å². The van der Waals surface area contributed by atoms with Crippen LogP contribution >= 0.6 is 11.8 Å². The van der Waals surface area contributed by atoms with Crippen LogP contribution in [0.25, 0.3) is 0 Å². The lowest BCUT2D eigenvalue weighted by Gasteiger charge is -2.29. The number of carbonyl (C=O) groups excluding carboxylic acids is 2. The third kappa shape index (κ3) is 5.52. The van der Waals surface area contributed by atoms with Gasteiger partial charge in [0.25, 0.3) is 0 Å². The molecular weight excluding hydrogens is 429 g/mol. The van der Waals surface area contributed by atoms with Gasteiger partial charge < -0.3 is 10.1 Å². The van der Waals surface area contributed by atoms with Crippen LogP contribution in [0.15, 0.2) is 54.6 Å². The summed E-state index contributed by atoms with van der Waals surface area (Å²) in [6.45, 7) is 3.98. The molecule has 0 saturated carbocycles. The van der Waals surface area contributed by atoms with E-state index in [1.165, 1.54) is 34.9 Å². The molecule has 0 aromatic heterocycles. The number of amides is 2. The van der Waals surface area contributed by atoms with Crippen LogP contribution in [0, 0.1) is 5.92 Å². The molecule has 1 aliphatic heterocycles. The van der Waals surface area contributed by atoms with Crippen LogP contribution in [0.3, 0.4) is 0 Å². The van der Waals surface area contributed by atoms with Crippen LogP contribution in [0.4, 0.5) is 23.7 Å². The van der Waals surface area contributed by atoms with E-state index in [4.69, 9.17) is 4.74 Å². The minimum Gasteiger partial charge on any atom is -0.464 e. The largest absolute Gasteiger partial charge is 0.464 e. The number of nitrogens with zero attached hydrogens (tertiary/aromatic N) is 1. The summed E-state index contributed by atoms with van der Waals surface area (Å²) in [6.07, 6.45) is -4.63. The number of para-hydroxylation sites is 1. The van der Waals surface area contributed by atoms with Crippen molar-refractivity contribution in [3.63, 3.8) is 0 Å². The highest BCUT2D eigenvalue weighted by molar-refractivity contribution is 7.99. The number of hydrogen-bond acceptors (Lipinski definition) is 4. The Morgan fingerprint density at radius 1 is 1.13 bits per heavy atom. The zero-order chi connectivity index (χ0) is 22.6. The minimum atomic E-state index is -4.63. The number of anilines is 1. The number of carbonyl (C=O) groups is 2. The average molecular weight is 452 g/mol. The maximum absolute atomic E-state index is 13.4. The first-order valence-corrected chi connectivity index (χ1v) is 10.8. The Balaban J connectivity index is 1.90. The van der Waals surface area contributed by atoms with E-state index in [1.54, 1.807) is 12.1 Å². The van der Waals surface area contributed by atoms with E-state index in [0.29, 0.717) is 0 Å². The van der Waals surface area contributed by atoms with Crippen molar-refractivity contribution in [3.05, 3.63) is 65.7 Å². The van der Waals surface area contributed by atoms with Gasteiger partial charge >= 0.3 is 18.2 Å². The second-order valence-corrected chi connectivity index (χ2v) is 8.63. The van der Waals surface area contributed by atoms with Crippen LogP contribution in [0.2, 0.25) is 0 Å². The Kier molecular flexibility index (Phi) is 7.15. The zero-order valence-corrected chi connectivity index (χ0v) is 17.9. The summed E-state index contributed by atoms with van der Waals surface area (Å²) < 4.78 is 45.4. The number of alkyl halides is 3. The molecule has 2 aromatic rings. The van der Waals surface area contributed by atoms with Crippen molar-refractivity contribution in [1.82, 2.24) is 4.90 Å². The van der Waals surface area contributed by atoms with E-state index in [9.17, 15) is 22.8 Å². The molecule has 1 N–H and O–H groups in total. The smallest absolute Gasteiger partial charge is 0.418 e. The Hall–Kier alpha value is -2.68. The SMILES string of the molecule is CC(C)COC(=O)C1CSC(c2ccccc2)N1C(=O)Nc1ccccc1C(F)(F)F. The lowest BCUT2D eigenvalue weighted by Crippen LogP contribution is -2.46.